The van der Waals surface area contributed by atoms with Crippen LogP contribution in [0.1, 0.15) is 84.8 Å². The van der Waals surface area contributed by atoms with Gasteiger partial charge in [-0.15, -0.1) is 0 Å². The first-order valence-corrected chi connectivity index (χ1v) is 18.1. The van der Waals surface area contributed by atoms with Crippen LogP contribution in [0.5, 0.6) is 0 Å². The van der Waals surface area contributed by atoms with Crippen LogP contribution in [0.4, 0.5) is 0 Å². The number of benzene rings is 1. The molecule has 2 heterocycles. The van der Waals surface area contributed by atoms with Crippen LogP contribution in [0.25, 0.3) is 0 Å². The van der Waals surface area contributed by atoms with Gasteiger partial charge in [0.1, 0.15) is 18.1 Å². The van der Waals surface area contributed by atoms with E-state index in [0.29, 0.717) is 51.1 Å². The fraction of sp³-hybridized carbons (Fsp3) is 0.694. The van der Waals surface area contributed by atoms with Crippen LogP contribution in [0.2, 0.25) is 0 Å². The molecule has 4 atom stereocenters. The van der Waals surface area contributed by atoms with Gasteiger partial charge < -0.3 is 25.3 Å². The molecule has 1 aromatic rings. The van der Waals surface area contributed by atoms with Crippen LogP contribution in [-0.2, 0) is 36.3 Å². The zero-order valence-electron chi connectivity index (χ0n) is 30.6. The molecule has 270 valence electrons. The van der Waals surface area contributed by atoms with E-state index in [-0.39, 0.29) is 54.0 Å². The first-order valence-electron chi connectivity index (χ1n) is 17.5. The van der Waals surface area contributed by atoms with E-state index in [9.17, 15) is 24.0 Å². The van der Waals surface area contributed by atoms with E-state index >= 15 is 0 Å². The average molecular weight is 689 g/mol. The Bertz CT molecular complexity index is 1220. The second-order valence-corrected chi connectivity index (χ2v) is 14.2. The van der Waals surface area contributed by atoms with Crippen LogP contribution >= 0.6 is 12.6 Å². The summed E-state index contributed by atoms with van der Waals surface area (Å²) in [5, 5.41) is 5.71. The van der Waals surface area contributed by atoms with Gasteiger partial charge in [-0.2, -0.15) is 12.6 Å². The molecule has 48 heavy (non-hydrogen) atoms. The van der Waals surface area contributed by atoms with Crippen LogP contribution in [0.15, 0.2) is 24.3 Å². The second-order valence-electron chi connectivity index (χ2n) is 13.8. The molecule has 2 saturated heterocycles. The highest BCUT2D eigenvalue weighted by atomic mass is 32.1. The largest absolute Gasteiger partial charge is 0.350 e. The zero-order valence-corrected chi connectivity index (χ0v) is 31.5. The Morgan fingerprint density at radius 1 is 0.812 bits per heavy atom. The van der Waals surface area contributed by atoms with E-state index in [0.717, 1.165) is 11.1 Å². The van der Waals surface area contributed by atoms with Crippen molar-refractivity contribution in [3.05, 3.63) is 35.4 Å². The summed E-state index contributed by atoms with van der Waals surface area (Å²) in [6.45, 7) is 12.9. The van der Waals surface area contributed by atoms with E-state index < -0.39 is 18.1 Å². The molecule has 5 amide bonds. The van der Waals surface area contributed by atoms with Gasteiger partial charge in [0.05, 0.1) is 12.6 Å². The SMILES string of the molecule is CC(C)C(C(=O)NCC(=O)N(C)C(C(=O)N1CCCC1C(=O)N1CCCC1C(=O)NCc1ccc(CS)cc1)C(C)C)N(C)C.CCC. The topological polar surface area (TPSA) is 122 Å². The lowest BCUT2D eigenvalue weighted by molar-refractivity contribution is -0.152. The summed E-state index contributed by atoms with van der Waals surface area (Å²) in [6.07, 6.45) is 3.70. The third-order valence-corrected chi connectivity index (χ3v) is 9.26. The third-order valence-electron chi connectivity index (χ3n) is 8.90. The molecule has 4 unspecified atom stereocenters. The van der Waals surface area contributed by atoms with Gasteiger partial charge in [0, 0.05) is 32.4 Å². The van der Waals surface area contributed by atoms with Gasteiger partial charge >= 0.3 is 0 Å². The monoisotopic (exact) mass is 688 g/mol. The van der Waals surface area contributed by atoms with Crippen LogP contribution in [0.3, 0.4) is 0 Å². The van der Waals surface area contributed by atoms with E-state index in [2.05, 4.69) is 37.1 Å². The summed E-state index contributed by atoms with van der Waals surface area (Å²) in [5.41, 5.74) is 2.06. The summed E-state index contributed by atoms with van der Waals surface area (Å²) < 4.78 is 0. The maximum atomic E-state index is 14.0. The first kappa shape index (κ1) is 41.1. The summed E-state index contributed by atoms with van der Waals surface area (Å²) in [7, 11) is 5.21. The Kier molecular flexibility index (Phi) is 16.9. The first-order chi connectivity index (χ1) is 22.7. The van der Waals surface area contributed by atoms with Gasteiger partial charge in [0.25, 0.3) is 0 Å². The molecule has 11 nitrogen and oxygen atoms in total. The molecule has 12 heteroatoms. The Morgan fingerprint density at radius 2 is 1.33 bits per heavy atom. The van der Waals surface area contributed by atoms with Crippen molar-refractivity contribution in [3.63, 3.8) is 0 Å². The van der Waals surface area contributed by atoms with Crippen molar-refractivity contribution in [2.75, 3.05) is 40.8 Å². The summed E-state index contributed by atoms with van der Waals surface area (Å²) in [4.78, 5) is 73.5. The van der Waals surface area contributed by atoms with E-state index in [1.54, 1.807) is 16.8 Å². The third kappa shape index (κ3) is 10.9. The summed E-state index contributed by atoms with van der Waals surface area (Å²) in [5.74, 6) is -0.859. The van der Waals surface area contributed by atoms with Crippen LogP contribution in [0, 0.1) is 11.8 Å². The summed E-state index contributed by atoms with van der Waals surface area (Å²) >= 11 is 4.28. The molecule has 0 saturated carbocycles. The molecule has 2 aliphatic rings. The number of carbonyl (C=O) groups excluding carboxylic acids is 5. The number of rotatable bonds is 13. The van der Waals surface area contributed by atoms with Gasteiger partial charge in [-0.1, -0.05) is 72.2 Å². The quantitative estimate of drug-likeness (QED) is 0.274. The van der Waals surface area contributed by atoms with E-state index in [4.69, 9.17) is 0 Å². The van der Waals surface area contributed by atoms with E-state index in [1.807, 2.05) is 71.0 Å². The fourth-order valence-corrected chi connectivity index (χ4v) is 6.81. The van der Waals surface area contributed by atoms with Gasteiger partial charge in [-0.25, -0.2) is 0 Å². The molecule has 2 aliphatic heterocycles. The number of hydrogen-bond acceptors (Lipinski definition) is 7. The van der Waals surface area contributed by atoms with Crippen molar-refractivity contribution in [2.24, 2.45) is 11.8 Å². The Morgan fingerprint density at radius 3 is 1.85 bits per heavy atom. The van der Waals surface area contributed by atoms with Crippen molar-refractivity contribution in [1.82, 2.24) is 30.2 Å². The van der Waals surface area contributed by atoms with Gasteiger partial charge in [-0.3, -0.25) is 28.9 Å². The number of thiol groups is 1. The van der Waals surface area contributed by atoms with Crippen molar-refractivity contribution >= 4 is 42.2 Å². The molecule has 0 bridgehead atoms. The minimum absolute atomic E-state index is 0.0548. The van der Waals surface area contributed by atoms with Gasteiger partial charge in [-0.05, 0) is 62.7 Å². The lowest BCUT2D eigenvalue weighted by atomic mass is 10.00. The predicted molar refractivity (Wildman–Crippen MR) is 193 cm³/mol. The van der Waals surface area contributed by atoms with Gasteiger partial charge in [0.15, 0.2) is 0 Å². The van der Waals surface area contributed by atoms with Crippen molar-refractivity contribution in [1.29, 1.82) is 0 Å². The number of amides is 5. The molecule has 0 aromatic heterocycles. The minimum atomic E-state index is -0.802. The molecule has 0 radical (unpaired) electrons. The Balaban J connectivity index is 0.00000257. The molecular weight excluding hydrogens is 628 g/mol. The van der Waals surface area contributed by atoms with Crippen LogP contribution in [-0.4, -0.2) is 114 Å². The average Bonchev–Trinajstić information content (AvgIpc) is 3.73. The Hall–Kier alpha value is -3.12. The van der Waals surface area contributed by atoms with E-state index in [1.165, 1.54) is 11.3 Å². The molecule has 0 spiro atoms. The number of carbonyl (C=O) groups is 5. The lowest BCUT2D eigenvalue weighted by Crippen LogP contribution is -2.58. The van der Waals surface area contributed by atoms with Crippen molar-refractivity contribution < 1.29 is 24.0 Å². The van der Waals surface area contributed by atoms with Crippen molar-refractivity contribution in [2.45, 2.75) is 110 Å². The molecule has 2 fully saturated rings. The highest BCUT2D eigenvalue weighted by molar-refractivity contribution is 7.79. The maximum absolute atomic E-state index is 14.0. The zero-order chi connectivity index (χ0) is 36.1. The number of likely N-dealkylation sites (tertiary alicyclic amines) is 2. The highest BCUT2D eigenvalue weighted by Gasteiger charge is 2.44. The number of nitrogens with zero attached hydrogens (tertiary/aromatic N) is 4. The smallest absolute Gasteiger partial charge is 0.246 e. The van der Waals surface area contributed by atoms with Crippen molar-refractivity contribution in [3.8, 4) is 0 Å². The minimum Gasteiger partial charge on any atom is -0.350 e. The second kappa shape index (κ2) is 19.8. The van der Waals surface area contributed by atoms with Crippen LogP contribution < -0.4 is 10.6 Å². The molecule has 1 aromatic carbocycles. The molecule has 3 rings (SSSR count). The molecular formula is C36H60N6O5S. The standard InChI is InChI=1S/C33H52N6O5S.C3H8/c1-21(2)28(36(5)6)31(42)35-19-27(40)37(7)29(22(3)4)33(44)39-17-9-11-26(39)32(43)38-16-8-10-25(38)30(41)34-18-23-12-14-24(20-45)15-13-23;1-3-2/h12-15,21-22,25-26,28-29,45H,8-11,16-20H2,1-7H3,(H,34,41)(H,35,42);3H2,1-2H3. The highest BCUT2D eigenvalue weighted by Crippen LogP contribution is 2.27. The maximum Gasteiger partial charge on any atom is 0.246 e. The fourth-order valence-electron chi connectivity index (χ4n) is 6.60. The number of likely N-dealkylation sites (N-methyl/N-ethyl adjacent to an activating group) is 2. The summed E-state index contributed by atoms with van der Waals surface area (Å²) in [6, 6.07) is 5.41. The molecule has 0 aliphatic carbocycles. The predicted octanol–water partition coefficient (Wildman–Crippen LogP) is 3.32. The van der Waals surface area contributed by atoms with Gasteiger partial charge in [0.2, 0.25) is 29.5 Å². The molecule has 2 N–H and O–H groups in total. The number of nitrogens with one attached hydrogen (secondary N) is 2. The lowest BCUT2D eigenvalue weighted by Gasteiger charge is -2.37. The number of hydrogen-bond donors (Lipinski definition) is 3. The Labute approximate surface area is 293 Å². The normalized spacial score (nSPS) is 18.8.